The Labute approximate surface area is 252 Å². The quantitative estimate of drug-likeness (QED) is 0.278. The van der Waals surface area contributed by atoms with Crippen LogP contribution in [0.15, 0.2) is 54.6 Å². The Morgan fingerprint density at radius 1 is 0.886 bits per heavy atom. The Kier molecular flexibility index (Phi) is 8.11. The average molecular weight is 604 g/mol. The van der Waals surface area contributed by atoms with Gasteiger partial charge >= 0.3 is 0 Å². The van der Waals surface area contributed by atoms with Crippen molar-refractivity contribution in [3.8, 4) is 11.1 Å². The molecule has 3 aromatic carbocycles. The molecule has 3 aromatic rings. The minimum atomic E-state index is -1.30. The third-order valence-electron chi connectivity index (χ3n) is 8.27. The van der Waals surface area contributed by atoms with Gasteiger partial charge in [-0.15, -0.1) is 0 Å². The molecule has 2 aliphatic heterocycles. The normalized spacial score (nSPS) is 16.9. The molecule has 44 heavy (non-hydrogen) atoms. The number of ether oxygens (including phenoxy) is 1. The standard InChI is InChI=1S/C32H31F2N5O5/c33-19-1-3-20(4-2-19)37-30(42)32(9-10-32)31(43)38-21-5-6-23(26(34)17-21)22-7-8-24(27-25(22)18-36-29(27)41)28(40)35-11-12-39-13-15-44-16-14-39/h1-8,17H,9-16,18H2,(H,35,40)(H,36,41)(H,37,42)(H,38,43). The Balaban J connectivity index is 1.15. The summed E-state index contributed by atoms with van der Waals surface area (Å²) in [5.41, 5.74) is 0.837. The van der Waals surface area contributed by atoms with Gasteiger partial charge in [0.1, 0.15) is 17.0 Å². The summed E-state index contributed by atoms with van der Waals surface area (Å²) in [6, 6.07) is 12.5. The summed E-state index contributed by atoms with van der Waals surface area (Å²) in [7, 11) is 0. The van der Waals surface area contributed by atoms with Gasteiger partial charge < -0.3 is 26.0 Å². The SMILES string of the molecule is O=C(NCCN1CCOCC1)c1ccc(-c2ccc(NC(=O)C3(C(=O)Nc4ccc(F)cc4)CC3)cc2F)c2c1C(=O)NC2. The second kappa shape index (κ2) is 12.1. The molecule has 1 aliphatic carbocycles. The zero-order chi connectivity index (χ0) is 30.8. The molecule has 0 unspecified atom stereocenters. The number of carbonyl (C=O) groups excluding carboxylic acids is 4. The van der Waals surface area contributed by atoms with Gasteiger partial charge in [-0.2, -0.15) is 0 Å². The molecule has 0 radical (unpaired) electrons. The first-order chi connectivity index (χ1) is 21.2. The van der Waals surface area contributed by atoms with Gasteiger partial charge in [-0.3, -0.25) is 24.1 Å². The van der Waals surface area contributed by atoms with Crippen LogP contribution in [-0.2, 0) is 20.9 Å². The number of hydrogen-bond donors (Lipinski definition) is 4. The van der Waals surface area contributed by atoms with Crippen LogP contribution in [0.5, 0.6) is 0 Å². The van der Waals surface area contributed by atoms with Gasteiger partial charge in [0, 0.05) is 49.7 Å². The van der Waals surface area contributed by atoms with Crippen molar-refractivity contribution < 1.29 is 32.7 Å². The fourth-order valence-corrected chi connectivity index (χ4v) is 5.57. The number of anilines is 2. The van der Waals surface area contributed by atoms with Crippen molar-refractivity contribution in [3.63, 3.8) is 0 Å². The molecule has 12 heteroatoms. The molecule has 1 saturated carbocycles. The van der Waals surface area contributed by atoms with Crippen LogP contribution < -0.4 is 21.3 Å². The van der Waals surface area contributed by atoms with E-state index in [2.05, 4.69) is 26.2 Å². The highest BCUT2D eigenvalue weighted by atomic mass is 19.1. The number of nitrogens with one attached hydrogen (secondary N) is 4. The maximum absolute atomic E-state index is 15.5. The fourth-order valence-electron chi connectivity index (χ4n) is 5.57. The van der Waals surface area contributed by atoms with Gasteiger partial charge in [-0.1, -0.05) is 6.07 Å². The molecule has 228 valence electrons. The predicted octanol–water partition coefficient (Wildman–Crippen LogP) is 3.29. The van der Waals surface area contributed by atoms with Gasteiger partial charge in [-0.25, -0.2) is 8.78 Å². The zero-order valence-electron chi connectivity index (χ0n) is 23.8. The number of fused-ring (bicyclic) bond motifs is 1. The number of rotatable bonds is 9. The Bertz CT molecular complexity index is 1630. The molecule has 1 saturated heterocycles. The smallest absolute Gasteiger partial charge is 0.252 e. The molecule has 4 N–H and O–H groups in total. The summed E-state index contributed by atoms with van der Waals surface area (Å²) >= 11 is 0. The van der Waals surface area contributed by atoms with Crippen molar-refractivity contribution in [2.24, 2.45) is 5.41 Å². The molecule has 0 aromatic heterocycles. The summed E-state index contributed by atoms with van der Waals surface area (Å²) in [5.74, 6) is -2.96. The van der Waals surface area contributed by atoms with Crippen LogP contribution in [0.2, 0.25) is 0 Å². The average Bonchev–Trinajstić information content (AvgIpc) is 3.75. The monoisotopic (exact) mass is 603 g/mol. The van der Waals surface area contributed by atoms with Gasteiger partial charge in [0.2, 0.25) is 11.8 Å². The van der Waals surface area contributed by atoms with Crippen LogP contribution in [0, 0.1) is 17.0 Å². The van der Waals surface area contributed by atoms with E-state index >= 15 is 4.39 Å². The van der Waals surface area contributed by atoms with E-state index < -0.39 is 34.8 Å². The number of halogens is 2. The maximum atomic E-state index is 15.5. The van der Waals surface area contributed by atoms with Crippen LogP contribution in [0.4, 0.5) is 20.2 Å². The lowest BCUT2D eigenvalue weighted by molar-refractivity contribution is -0.131. The Hall–Kier alpha value is -4.68. The predicted molar refractivity (Wildman–Crippen MR) is 158 cm³/mol. The molecule has 0 spiro atoms. The van der Waals surface area contributed by atoms with E-state index in [1.165, 1.54) is 42.5 Å². The van der Waals surface area contributed by atoms with Crippen LogP contribution >= 0.6 is 0 Å². The molecular formula is C32H31F2N5O5. The minimum Gasteiger partial charge on any atom is -0.379 e. The summed E-state index contributed by atoms with van der Waals surface area (Å²) < 4.78 is 34.0. The van der Waals surface area contributed by atoms with Crippen LogP contribution in [0.25, 0.3) is 11.1 Å². The lowest BCUT2D eigenvalue weighted by Gasteiger charge is -2.26. The number of morpholine rings is 1. The van der Waals surface area contributed by atoms with Crippen molar-refractivity contribution in [1.82, 2.24) is 15.5 Å². The second-order valence-electron chi connectivity index (χ2n) is 11.1. The molecular weight excluding hydrogens is 572 g/mol. The lowest BCUT2D eigenvalue weighted by atomic mass is 9.92. The van der Waals surface area contributed by atoms with Crippen molar-refractivity contribution in [3.05, 3.63) is 82.9 Å². The van der Waals surface area contributed by atoms with E-state index in [0.717, 1.165) is 19.2 Å². The first-order valence-corrected chi connectivity index (χ1v) is 14.5. The molecule has 0 atom stereocenters. The summed E-state index contributed by atoms with van der Waals surface area (Å²) in [5, 5.41) is 10.9. The second-order valence-corrected chi connectivity index (χ2v) is 11.1. The van der Waals surface area contributed by atoms with E-state index in [0.29, 0.717) is 56.0 Å². The van der Waals surface area contributed by atoms with Crippen LogP contribution in [0.1, 0.15) is 39.1 Å². The maximum Gasteiger partial charge on any atom is 0.252 e. The first-order valence-electron chi connectivity index (χ1n) is 14.5. The van der Waals surface area contributed by atoms with Crippen molar-refractivity contribution in [1.29, 1.82) is 0 Å². The van der Waals surface area contributed by atoms with Crippen molar-refractivity contribution in [2.45, 2.75) is 19.4 Å². The number of amides is 4. The molecule has 4 amide bonds. The van der Waals surface area contributed by atoms with Gasteiger partial charge in [0.05, 0.1) is 24.3 Å². The van der Waals surface area contributed by atoms with Crippen molar-refractivity contribution >= 4 is 35.0 Å². The molecule has 10 nitrogen and oxygen atoms in total. The first kappa shape index (κ1) is 29.4. The number of nitrogens with zero attached hydrogens (tertiary/aromatic N) is 1. The molecule has 2 fully saturated rings. The van der Waals surface area contributed by atoms with E-state index in [1.54, 1.807) is 6.07 Å². The van der Waals surface area contributed by atoms with E-state index in [1.807, 2.05) is 0 Å². The topological polar surface area (TPSA) is 129 Å². The van der Waals surface area contributed by atoms with Gasteiger partial charge in [-0.05, 0) is 72.5 Å². The van der Waals surface area contributed by atoms with Gasteiger partial charge in [0.25, 0.3) is 11.8 Å². The van der Waals surface area contributed by atoms with Crippen LogP contribution in [0.3, 0.4) is 0 Å². The van der Waals surface area contributed by atoms with Crippen LogP contribution in [-0.4, -0.2) is 67.9 Å². The zero-order valence-corrected chi connectivity index (χ0v) is 23.8. The largest absolute Gasteiger partial charge is 0.379 e. The van der Waals surface area contributed by atoms with Crippen molar-refractivity contribution in [2.75, 3.05) is 50.0 Å². The Morgan fingerprint density at radius 2 is 1.55 bits per heavy atom. The molecule has 0 bridgehead atoms. The molecule has 2 heterocycles. The van der Waals surface area contributed by atoms with E-state index in [9.17, 15) is 23.6 Å². The summed E-state index contributed by atoms with van der Waals surface area (Å²) in [6.07, 6.45) is 0.652. The highest BCUT2D eigenvalue weighted by molar-refractivity contribution is 6.17. The highest BCUT2D eigenvalue weighted by Gasteiger charge is 2.56. The number of carbonyl (C=O) groups is 4. The third-order valence-corrected chi connectivity index (χ3v) is 8.27. The summed E-state index contributed by atoms with van der Waals surface area (Å²) in [6.45, 7) is 4.12. The van der Waals surface area contributed by atoms with E-state index in [4.69, 9.17) is 4.74 Å². The summed E-state index contributed by atoms with van der Waals surface area (Å²) in [4.78, 5) is 53.8. The third kappa shape index (κ3) is 5.90. The minimum absolute atomic E-state index is 0.141. The fraction of sp³-hybridized carbons (Fsp3) is 0.312. The number of hydrogen-bond acceptors (Lipinski definition) is 6. The highest BCUT2D eigenvalue weighted by Crippen LogP contribution is 2.47. The molecule has 6 rings (SSSR count). The Morgan fingerprint density at radius 3 is 2.23 bits per heavy atom. The van der Waals surface area contributed by atoms with E-state index in [-0.39, 0.29) is 34.8 Å². The lowest BCUT2D eigenvalue weighted by Crippen LogP contribution is -2.41. The number of benzene rings is 3. The molecule has 3 aliphatic rings. The van der Waals surface area contributed by atoms with Gasteiger partial charge in [0.15, 0.2) is 0 Å².